The molecule has 1 rings (SSSR count). The molecule has 0 aromatic rings. The molecule has 0 bridgehead atoms. The standard InChI is InChI=1S/C18H38N2/c1-16(2)14-19-12-8-5-9-13-20(15-17(3)4)18-10-6-7-11-18/h16-19H,5-15H2,1-4H3. The molecule has 0 saturated heterocycles. The van der Waals surface area contributed by atoms with Crippen molar-refractivity contribution in [1.29, 1.82) is 0 Å². The van der Waals surface area contributed by atoms with E-state index in [0.29, 0.717) is 0 Å². The van der Waals surface area contributed by atoms with Crippen LogP contribution in [-0.4, -0.2) is 37.1 Å². The lowest BCUT2D eigenvalue weighted by Crippen LogP contribution is -2.37. The van der Waals surface area contributed by atoms with Crippen molar-refractivity contribution in [3.05, 3.63) is 0 Å². The van der Waals surface area contributed by atoms with E-state index >= 15 is 0 Å². The molecule has 2 nitrogen and oxygen atoms in total. The summed E-state index contributed by atoms with van der Waals surface area (Å²) in [6.07, 6.45) is 9.91. The van der Waals surface area contributed by atoms with Crippen molar-refractivity contribution < 1.29 is 0 Å². The van der Waals surface area contributed by atoms with Gasteiger partial charge in [-0.2, -0.15) is 0 Å². The molecule has 20 heavy (non-hydrogen) atoms. The summed E-state index contributed by atoms with van der Waals surface area (Å²) in [5, 5.41) is 3.55. The van der Waals surface area contributed by atoms with E-state index in [1.165, 1.54) is 71.1 Å². The zero-order valence-electron chi connectivity index (χ0n) is 14.5. The topological polar surface area (TPSA) is 15.3 Å². The average Bonchev–Trinajstić information content (AvgIpc) is 2.89. The molecule has 1 saturated carbocycles. The van der Waals surface area contributed by atoms with E-state index in [1.54, 1.807) is 0 Å². The SMILES string of the molecule is CC(C)CNCCCCCN(CC(C)C)C1CCCC1. The van der Waals surface area contributed by atoms with Gasteiger partial charge in [-0.15, -0.1) is 0 Å². The van der Waals surface area contributed by atoms with E-state index in [9.17, 15) is 0 Å². The Morgan fingerprint density at radius 2 is 1.65 bits per heavy atom. The van der Waals surface area contributed by atoms with Gasteiger partial charge in [-0.05, 0) is 57.2 Å². The largest absolute Gasteiger partial charge is 0.316 e. The number of unbranched alkanes of at least 4 members (excludes halogenated alkanes) is 2. The van der Waals surface area contributed by atoms with Crippen LogP contribution in [0, 0.1) is 11.8 Å². The summed E-state index contributed by atoms with van der Waals surface area (Å²) < 4.78 is 0. The fraction of sp³-hybridized carbons (Fsp3) is 1.00. The molecule has 2 heteroatoms. The molecule has 0 aromatic carbocycles. The summed E-state index contributed by atoms with van der Waals surface area (Å²) in [6, 6.07) is 0.900. The minimum Gasteiger partial charge on any atom is -0.316 e. The van der Waals surface area contributed by atoms with E-state index in [1.807, 2.05) is 0 Å². The molecule has 0 aliphatic heterocycles. The molecule has 1 fully saturated rings. The number of rotatable bonds is 11. The Kier molecular flexibility index (Phi) is 9.54. The van der Waals surface area contributed by atoms with Crippen LogP contribution >= 0.6 is 0 Å². The maximum absolute atomic E-state index is 3.55. The van der Waals surface area contributed by atoms with Crippen molar-refractivity contribution in [2.24, 2.45) is 11.8 Å². The Balaban J connectivity index is 2.09. The second-order valence-corrected chi connectivity index (χ2v) is 7.49. The van der Waals surface area contributed by atoms with Crippen LogP contribution in [0.3, 0.4) is 0 Å². The number of hydrogen-bond donors (Lipinski definition) is 1. The first-order valence-electron chi connectivity index (χ1n) is 9.04. The van der Waals surface area contributed by atoms with Gasteiger partial charge in [-0.25, -0.2) is 0 Å². The summed E-state index contributed by atoms with van der Waals surface area (Å²) in [7, 11) is 0. The first kappa shape index (κ1) is 18.0. The van der Waals surface area contributed by atoms with Crippen LogP contribution in [0.5, 0.6) is 0 Å². The van der Waals surface area contributed by atoms with Crippen molar-refractivity contribution >= 4 is 0 Å². The molecule has 0 aromatic heterocycles. The lowest BCUT2D eigenvalue weighted by Gasteiger charge is -2.30. The van der Waals surface area contributed by atoms with Crippen LogP contribution < -0.4 is 5.32 Å². The molecule has 1 aliphatic carbocycles. The van der Waals surface area contributed by atoms with Gasteiger partial charge in [0.1, 0.15) is 0 Å². The molecule has 0 atom stereocenters. The minimum absolute atomic E-state index is 0.777. The Hall–Kier alpha value is -0.0800. The zero-order chi connectivity index (χ0) is 14.8. The Morgan fingerprint density at radius 1 is 0.950 bits per heavy atom. The quantitative estimate of drug-likeness (QED) is 0.568. The van der Waals surface area contributed by atoms with Crippen LogP contribution in [0.25, 0.3) is 0 Å². The third kappa shape index (κ3) is 8.26. The summed E-state index contributed by atoms with van der Waals surface area (Å²) in [4.78, 5) is 2.79. The highest BCUT2D eigenvalue weighted by molar-refractivity contribution is 4.78. The highest BCUT2D eigenvalue weighted by Gasteiger charge is 2.22. The van der Waals surface area contributed by atoms with Crippen LogP contribution in [0.1, 0.15) is 72.6 Å². The second kappa shape index (κ2) is 10.6. The molecule has 0 spiro atoms. The van der Waals surface area contributed by atoms with E-state index in [0.717, 1.165) is 17.9 Å². The van der Waals surface area contributed by atoms with Crippen LogP contribution in [0.15, 0.2) is 0 Å². The molecule has 0 heterocycles. The first-order chi connectivity index (χ1) is 9.59. The fourth-order valence-electron chi connectivity index (χ4n) is 3.29. The van der Waals surface area contributed by atoms with Crippen molar-refractivity contribution in [3.63, 3.8) is 0 Å². The van der Waals surface area contributed by atoms with Crippen LogP contribution in [0.2, 0.25) is 0 Å². The van der Waals surface area contributed by atoms with E-state index in [-0.39, 0.29) is 0 Å². The van der Waals surface area contributed by atoms with Gasteiger partial charge >= 0.3 is 0 Å². The van der Waals surface area contributed by atoms with Gasteiger partial charge in [0.2, 0.25) is 0 Å². The highest BCUT2D eigenvalue weighted by Crippen LogP contribution is 2.24. The van der Waals surface area contributed by atoms with Crippen molar-refractivity contribution in [2.45, 2.75) is 78.7 Å². The Labute approximate surface area is 127 Å². The first-order valence-corrected chi connectivity index (χ1v) is 9.04. The van der Waals surface area contributed by atoms with Crippen molar-refractivity contribution in [2.75, 3.05) is 26.2 Å². The minimum atomic E-state index is 0.777. The average molecular weight is 283 g/mol. The van der Waals surface area contributed by atoms with Gasteiger partial charge in [-0.1, -0.05) is 47.0 Å². The highest BCUT2D eigenvalue weighted by atomic mass is 15.2. The number of nitrogens with zero attached hydrogens (tertiary/aromatic N) is 1. The van der Waals surface area contributed by atoms with Gasteiger partial charge in [-0.3, -0.25) is 0 Å². The Bertz CT molecular complexity index is 219. The summed E-state index contributed by atoms with van der Waals surface area (Å²) in [5.41, 5.74) is 0. The van der Waals surface area contributed by atoms with Gasteiger partial charge < -0.3 is 10.2 Å². The molecule has 1 N–H and O–H groups in total. The third-order valence-electron chi connectivity index (χ3n) is 4.29. The fourth-order valence-corrected chi connectivity index (χ4v) is 3.29. The van der Waals surface area contributed by atoms with Crippen molar-refractivity contribution in [3.8, 4) is 0 Å². The van der Waals surface area contributed by atoms with Gasteiger partial charge in [0.25, 0.3) is 0 Å². The molecule has 120 valence electrons. The molecule has 0 amide bonds. The van der Waals surface area contributed by atoms with Crippen molar-refractivity contribution in [1.82, 2.24) is 10.2 Å². The lowest BCUT2D eigenvalue weighted by atomic mass is 10.1. The normalized spacial score (nSPS) is 16.9. The number of nitrogens with one attached hydrogen (secondary N) is 1. The van der Waals surface area contributed by atoms with E-state index in [4.69, 9.17) is 0 Å². The summed E-state index contributed by atoms with van der Waals surface area (Å²) in [5.74, 6) is 1.59. The zero-order valence-corrected chi connectivity index (χ0v) is 14.5. The van der Waals surface area contributed by atoms with Gasteiger partial charge in [0.15, 0.2) is 0 Å². The maximum Gasteiger partial charge on any atom is 0.00953 e. The second-order valence-electron chi connectivity index (χ2n) is 7.49. The lowest BCUT2D eigenvalue weighted by molar-refractivity contribution is 0.173. The van der Waals surface area contributed by atoms with Gasteiger partial charge in [0, 0.05) is 12.6 Å². The van der Waals surface area contributed by atoms with E-state index < -0.39 is 0 Å². The monoisotopic (exact) mass is 282 g/mol. The maximum atomic E-state index is 3.55. The number of hydrogen-bond acceptors (Lipinski definition) is 2. The molecular weight excluding hydrogens is 244 g/mol. The van der Waals surface area contributed by atoms with Crippen LogP contribution in [0.4, 0.5) is 0 Å². The Morgan fingerprint density at radius 3 is 2.25 bits per heavy atom. The molecule has 1 aliphatic rings. The molecular formula is C18H38N2. The predicted molar refractivity (Wildman–Crippen MR) is 90.2 cm³/mol. The smallest absolute Gasteiger partial charge is 0.00953 e. The molecule has 0 radical (unpaired) electrons. The summed E-state index contributed by atoms with van der Waals surface area (Å²) in [6.45, 7) is 14.3. The molecule has 0 unspecified atom stereocenters. The van der Waals surface area contributed by atoms with Crippen LogP contribution in [-0.2, 0) is 0 Å². The summed E-state index contributed by atoms with van der Waals surface area (Å²) >= 11 is 0. The predicted octanol–water partition coefficient (Wildman–Crippen LogP) is 4.30. The van der Waals surface area contributed by atoms with Gasteiger partial charge in [0.05, 0.1) is 0 Å². The third-order valence-corrected chi connectivity index (χ3v) is 4.29. The van der Waals surface area contributed by atoms with E-state index in [2.05, 4.69) is 37.9 Å².